The van der Waals surface area contributed by atoms with E-state index in [9.17, 15) is 30.8 Å². The van der Waals surface area contributed by atoms with Crippen LogP contribution in [-0.4, -0.2) is 96.1 Å². The molecule has 7 N–H and O–H groups in total. The Morgan fingerprint density at radius 2 is 1.11 bits per heavy atom. The SMILES string of the molecule is CC(C)(C)OC(=O)N1CCC[C@H](CCC(N)c2cc(C(C)(C)C)ccn2)C1.CC(C)(C)OC(=O)N1CCC[C@H](CCC(Nc2cccc(S(N)(=O)=O)n2)c2cc(C(C)(C)C)ccn2)C1.NS(=O)(=O)c1cccc(F)n1. The van der Waals surface area contributed by atoms with Gasteiger partial charge >= 0.3 is 12.2 Å². The van der Waals surface area contributed by atoms with E-state index >= 15 is 0 Å². The van der Waals surface area contributed by atoms with Gasteiger partial charge in [-0.3, -0.25) is 9.97 Å². The van der Waals surface area contributed by atoms with E-state index in [1.165, 1.54) is 17.7 Å². The van der Waals surface area contributed by atoms with Crippen molar-refractivity contribution in [2.75, 3.05) is 31.5 Å². The smallest absolute Gasteiger partial charge is 0.410 e. The van der Waals surface area contributed by atoms with Crippen molar-refractivity contribution in [3.05, 3.63) is 102 Å². The summed E-state index contributed by atoms with van der Waals surface area (Å²) in [5, 5.41) is 12.7. The molecule has 0 spiro atoms. The number of ether oxygens (including phenoxy) is 2. The number of nitrogens with zero attached hydrogens (tertiary/aromatic N) is 6. The van der Waals surface area contributed by atoms with Gasteiger partial charge in [-0.2, -0.15) is 4.39 Å². The predicted octanol–water partition coefficient (Wildman–Crippen LogP) is 9.68. The average Bonchev–Trinajstić information content (AvgIpc) is 3.31. The monoisotopic (exact) mass is 1080 g/mol. The van der Waals surface area contributed by atoms with Gasteiger partial charge in [-0.05, 0) is 175 Å². The molecular formula is C54H83FN10O8S2. The highest BCUT2D eigenvalue weighted by Gasteiger charge is 2.30. The molecule has 18 nitrogen and oxygen atoms in total. The largest absolute Gasteiger partial charge is 0.444 e. The van der Waals surface area contributed by atoms with Crippen LogP contribution >= 0.6 is 0 Å². The molecule has 75 heavy (non-hydrogen) atoms. The first kappa shape index (κ1) is 62.2. The van der Waals surface area contributed by atoms with Gasteiger partial charge in [0.05, 0.1) is 17.4 Å². The first-order valence-electron chi connectivity index (χ1n) is 25.6. The highest BCUT2D eigenvalue weighted by Crippen LogP contribution is 2.32. The average molecular weight is 1080 g/mol. The molecule has 2 aliphatic heterocycles. The maximum absolute atomic E-state index is 12.6. The third-order valence-corrected chi connectivity index (χ3v) is 14.1. The number of carbonyl (C=O) groups is 2. The zero-order valence-corrected chi connectivity index (χ0v) is 47.7. The second-order valence-corrected chi connectivity index (χ2v) is 26.5. The van der Waals surface area contributed by atoms with Gasteiger partial charge < -0.3 is 30.3 Å². The molecule has 416 valence electrons. The molecule has 2 amide bonds. The van der Waals surface area contributed by atoms with E-state index in [0.717, 1.165) is 93.5 Å². The Hall–Kier alpha value is -5.35. The zero-order valence-electron chi connectivity index (χ0n) is 46.1. The normalized spacial score (nSPS) is 17.5. The number of carbonyl (C=O) groups excluding carboxylic acids is 2. The summed E-state index contributed by atoms with van der Waals surface area (Å²) in [6.45, 7) is 27.3. The second-order valence-electron chi connectivity index (χ2n) is 23.5. The van der Waals surface area contributed by atoms with Crippen LogP contribution in [-0.2, 0) is 40.4 Å². The van der Waals surface area contributed by atoms with Gasteiger partial charge in [0.25, 0.3) is 20.0 Å². The molecule has 21 heteroatoms. The molecule has 2 unspecified atom stereocenters. The van der Waals surface area contributed by atoms with Crippen molar-refractivity contribution in [3.63, 3.8) is 0 Å². The molecule has 0 aromatic carbocycles. The number of rotatable bonds is 12. The van der Waals surface area contributed by atoms with Gasteiger partial charge in [-0.15, -0.1) is 0 Å². The quantitative estimate of drug-likeness (QED) is 0.0962. The van der Waals surface area contributed by atoms with Gasteiger partial charge in [0.1, 0.15) is 17.0 Å². The van der Waals surface area contributed by atoms with Gasteiger partial charge in [-0.25, -0.2) is 46.7 Å². The lowest BCUT2D eigenvalue weighted by Gasteiger charge is -2.34. The van der Waals surface area contributed by atoms with Crippen molar-refractivity contribution < 1.29 is 40.3 Å². The number of aromatic nitrogens is 4. The van der Waals surface area contributed by atoms with Gasteiger partial charge in [0.15, 0.2) is 10.1 Å². The van der Waals surface area contributed by atoms with E-state index in [4.69, 9.17) is 20.3 Å². The minimum atomic E-state index is -3.92. The molecular weight excluding hydrogens is 1000 g/mol. The van der Waals surface area contributed by atoms with E-state index in [1.807, 2.05) is 64.9 Å². The summed E-state index contributed by atoms with van der Waals surface area (Å²) >= 11 is 0. The molecule has 6 heterocycles. The zero-order chi connectivity index (χ0) is 56.2. The van der Waals surface area contributed by atoms with E-state index in [-0.39, 0.29) is 40.1 Å². The number of nitrogens with one attached hydrogen (secondary N) is 1. The van der Waals surface area contributed by atoms with Gasteiger partial charge in [-0.1, -0.05) is 53.7 Å². The molecule has 4 atom stereocenters. The summed E-state index contributed by atoms with van der Waals surface area (Å²) in [5.74, 6) is 0.346. The summed E-state index contributed by atoms with van der Waals surface area (Å²) in [6, 6.07) is 16.1. The van der Waals surface area contributed by atoms with Crippen molar-refractivity contribution in [2.24, 2.45) is 27.8 Å². The highest BCUT2D eigenvalue weighted by molar-refractivity contribution is 7.89. The Bertz CT molecular complexity index is 2740. The molecule has 0 radical (unpaired) electrons. The number of likely N-dealkylation sites (tertiary alicyclic amines) is 2. The molecule has 0 bridgehead atoms. The number of piperidine rings is 2. The second kappa shape index (κ2) is 26.1. The highest BCUT2D eigenvalue weighted by atomic mass is 32.2. The van der Waals surface area contributed by atoms with Crippen LogP contribution in [0.3, 0.4) is 0 Å². The lowest BCUT2D eigenvalue weighted by atomic mass is 9.86. The van der Waals surface area contributed by atoms with Crippen LogP contribution in [0.4, 0.5) is 19.8 Å². The van der Waals surface area contributed by atoms with E-state index in [2.05, 4.69) is 90.1 Å². The predicted molar refractivity (Wildman–Crippen MR) is 290 cm³/mol. The summed E-state index contributed by atoms with van der Waals surface area (Å²) in [7, 11) is -7.80. The number of halogens is 1. The summed E-state index contributed by atoms with van der Waals surface area (Å²) in [4.78, 5) is 45.0. The van der Waals surface area contributed by atoms with Crippen LogP contribution in [0.1, 0.15) is 169 Å². The van der Waals surface area contributed by atoms with Crippen LogP contribution < -0.4 is 21.3 Å². The lowest BCUT2D eigenvalue weighted by Crippen LogP contribution is -2.43. The molecule has 2 fully saturated rings. The number of nitrogens with two attached hydrogens (primary N) is 3. The first-order chi connectivity index (χ1) is 34.6. The Morgan fingerprint density at radius 1 is 0.667 bits per heavy atom. The number of sulfonamides is 2. The standard InChI is InChI=1S/C27H41N5O4S.C22H37N3O2.C5H5FN2O2S/c1-26(2,3)20-14-15-29-22(17-20)21(30-23-10-7-11-24(31-23)37(28,34)35)13-12-19-9-8-16-32(18-19)25(33)36-27(4,5)6;1-21(2,3)17-11-12-24-19(14-17)18(23)10-9-16-8-7-13-25(15-16)20(26)27-22(4,5)6;6-4-2-1-3-5(8-4)11(7,9)10/h7,10-11,14-15,17,19,21H,8-9,12-13,16,18H2,1-6H3,(H,30,31)(H2,28,34,35);11-12,14,16,18H,7-10,13,15,23H2,1-6H3;1-3H,(H2,7,9,10)/t19-,21?;16-,18?;/m11./s1. The molecule has 2 saturated heterocycles. The number of anilines is 1. The summed E-state index contributed by atoms with van der Waals surface area (Å²) in [6.07, 6.45) is 10.8. The maximum Gasteiger partial charge on any atom is 0.410 e. The fourth-order valence-corrected chi connectivity index (χ4v) is 9.43. The fraction of sp³-hybridized carbons (Fsp3) is 0.593. The van der Waals surface area contributed by atoms with Crippen LogP contribution in [0, 0.1) is 17.8 Å². The number of primary sulfonamides is 2. The summed E-state index contributed by atoms with van der Waals surface area (Å²) in [5.41, 5.74) is 9.74. The lowest BCUT2D eigenvalue weighted by molar-refractivity contribution is 0.0150. The van der Waals surface area contributed by atoms with Crippen molar-refractivity contribution in [1.82, 2.24) is 29.7 Å². The van der Waals surface area contributed by atoms with Crippen molar-refractivity contribution >= 4 is 38.1 Å². The Balaban J connectivity index is 0.000000278. The third-order valence-electron chi connectivity index (χ3n) is 12.4. The number of pyridine rings is 4. The molecule has 0 aliphatic carbocycles. The minimum absolute atomic E-state index is 0.0503. The molecule has 4 aromatic rings. The van der Waals surface area contributed by atoms with Gasteiger partial charge in [0.2, 0.25) is 5.95 Å². The van der Waals surface area contributed by atoms with Crippen molar-refractivity contribution in [2.45, 2.75) is 179 Å². The van der Waals surface area contributed by atoms with E-state index < -0.39 is 42.2 Å². The number of amides is 2. The van der Waals surface area contributed by atoms with Crippen LogP contribution in [0.15, 0.2) is 83.1 Å². The van der Waals surface area contributed by atoms with E-state index in [1.54, 1.807) is 17.0 Å². The molecule has 4 aromatic heterocycles. The van der Waals surface area contributed by atoms with E-state index in [0.29, 0.717) is 30.7 Å². The maximum atomic E-state index is 12.6. The van der Waals surface area contributed by atoms with Crippen LogP contribution in [0.2, 0.25) is 0 Å². The number of hydrogen-bond donors (Lipinski definition) is 4. The van der Waals surface area contributed by atoms with Crippen LogP contribution in [0.25, 0.3) is 0 Å². The third kappa shape index (κ3) is 21.7. The minimum Gasteiger partial charge on any atom is -0.444 e. The molecule has 2 aliphatic rings. The number of hydrogen-bond acceptors (Lipinski definition) is 14. The first-order valence-corrected chi connectivity index (χ1v) is 28.7. The molecule has 0 saturated carbocycles. The van der Waals surface area contributed by atoms with Crippen LogP contribution in [0.5, 0.6) is 0 Å². The Kier molecular flexibility index (Phi) is 21.7. The Labute approximate surface area is 445 Å². The van der Waals surface area contributed by atoms with Crippen molar-refractivity contribution in [3.8, 4) is 0 Å². The molecule has 6 rings (SSSR count). The topological polar surface area (TPSA) is 269 Å². The van der Waals surface area contributed by atoms with Gasteiger partial charge in [0, 0.05) is 44.6 Å². The van der Waals surface area contributed by atoms with Crippen molar-refractivity contribution in [1.29, 1.82) is 0 Å². The summed E-state index contributed by atoms with van der Waals surface area (Å²) < 4.78 is 68.1. The fourth-order valence-electron chi connectivity index (χ4n) is 8.45. The Morgan fingerprint density at radius 3 is 1.55 bits per heavy atom.